The van der Waals surface area contributed by atoms with E-state index in [1.54, 1.807) is 10.7 Å². The largest absolute Gasteiger partial charge is 0.476 e. The third-order valence-electron chi connectivity index (χ3n) is 2.57. The lowest BCUT2D eigenvalue weighted by Crippen LogP contribution is -2.04. The van der Waals surface area contributed by atoms with Gasteiger partial charge in [0.25, 0.3) is 0 Å². The van der Waals surface area contributed by atoms with E-state index in [9.17, 15) is 4.79 Å². The van der Waals surface area contributed by atoms with Gasteiger partial charge in [0.05, 0.1) is 5.69 Å². The highest BCUT2D eigenvalue weighted by molar-refractivity contribution is 9.10. The molecule has 1 N–H and O–H groups in total. The third-order valence-corrected chi connectivity index (χ3v) is 3.43. The molecule has 1 aromatic heterocycles. The van der Waals surface area contributed by atoms with E-state index in [-0.39, 0.29) is 5.69 Å². The number of nitrogens with zero attached hydrogens (tertiary/aromatic N) is 2. The minimum atomic E-state index is -1.01. The molecule has 0 fully saturated rings. The first-order valence-electron chi connectivity index (χ1n) is 5.06. The summed E-state index contributed by atoms with van der Waals surface area (Å²) >= 11 is 3.45. The number of aromatic nitrogens is 2. The fraction of sp³-hybridized carbons (Fsp3) is 0.167. The summed E-state index contributed by atoms with van der Waals surface area (Å²) in [6.07, 6.45) is 0. The van der Waals surface area contributed by atoms with Crippen LogP contribution in [0.2, 0.25) is 0 Å². The second kappa shape index (κ2) is 4.33. The Labute approximate surface area is 107 Å². The van der Waals surface area contributed by atoms with Gasteiger partial charge in [-0.15, -0.1) is 0 Å². The highest BCUT2D eigenvalue weighted by Gasteiger charge is 2.13. The van der Waals surface area contributed by atoms with Crippen molar-refractivity contribution >= 4 is 21.9 Å². The molecule has 0 unspecified atom stereocenters. The lowest BCUT2D eigenvalue weighted by Gasteiger charge is -2.09. The Morgan fingerprint density at radius 2 is 2.12 bits per heavy atom. The van der Waals surface area contributed by atoms with Crippen molar-refractivity contribution in [1.29, 1.82) is 0 Å². The van der Waals surface area contributed by atoms with Crippen molar-refractivity contribution in [3.8, 4) is 5.69 Å². The fourth-order valence-corrected chi connectivity index (χ4v) is 2.00. The van der Waals surface area contributed by atoms with Gasteiger partial charge in [-0.1, -0.05) is 22.0 Å². The van der Waals surface area contributed by atoms with Gasteiger partial charge >= 0.3 is 5.97 Å². The predicted molar refractivity (Wildman–Crippen MR) is 67.7 cm³/mol. The lowest BCUT2D eigenvalue weighted by molar-refractivity contribution is 0.0690. The minimum Gasteiger partial charge on any atom is -0.476 e. The first-order valence-corrected chi connectivity index (χ1v) is 5.85. The molecule has 0 amide bonds. The molecule has 0 radical (unpaired) electrons. The number of halogens is 1. The number of hydrogen-bond acceptors (Lipinski definition) is 2. The zero-order valence-electron chi connectivity index (χ0n) is 9.44. The van der Waals surface area contributed by atoms with Crippen LogP contribution < -0.4 is 0 Å². The second-order valence-corrected chi connectivity index (χ2v) is 4.63. The van der Waals surface area contributed by atoms with Gasteiger partial charge in [0.2, 0.25) is 0 Å². The molecule has 2 aromatic rings. The molecule has 0 aliphatic rings. The summed E-state index contributed by atoms with van der Waals surface area (Å²) in [6, 6.07) is 7.30. The molecular weight excluding hydrogens is 284 g/mol. The molecule has 0 bridgehead atoms. The van der Waals surface area contributed by atoms with Gasteiger partial charge in [0.1, 0.15) is 0 Å². The van der Waals surface area contributed by atoms with Gasteiger partial charge in [-0.25, -0.2) is 9.48 Å². The Balaban J connectivity index is 2.60. The standard InChI is InChI=1S/C12H11BrN2O2/c1-7-6-10(12(16)17)14-15(7)11-5-3-4-9(13)8(11)2/h3-6H,1-2H3,(H,16,17). The Bertz CT molecular complexity index is 590. The number of carboxylic acids is 1. The molecule has 0 aliphatic carbocycles. The van der Waals surface area contributed by atoms with E-state index in [0.29, 0.717) is 0 Å². The summed E-state index contributed by atoms with van der Waals surface area (Å²) < 4.78 is 2.62. The van der Waals surface area contributed by atoms with Crippen molar-refractivity contribution in [2.24, 2.45) is 0 Å². The zero-order valence-corrected chi connectivity index (χ0v) is 11.0. The molecule has 0 saturated heterocycles. The number of aromatic carboxylic acids is 1. The SMILES string of the molecule is Cc1c(Br)cccc1-n1nc(C(=O)O)cc1C. The highest BCUT2D eigenvalue weighted by Crippen LogP contribution is 2.23. The van der Waals surface area contributed by atoms with Gasteiger partial charge in [0, 0.05) is 10.2 Å². The normalized spacial score (nSPS) is 10.5. The Kier molecular flexibility index (Phi) is 3.02. The van der Waals surface area contributed by atoms with Crippen LogP contribution in [0.25, 0.3) is 5.69 Å². The number of aryl methyl sites for hydroxylation is 1. The Hall–Kier alpha value is -1.62. The van der Waals surface area contributed by atoms with E-state index in [1.807, 2.05) is 32.0 Å². The molecule has 0 aliphatic heterocycles. The second-order valence-electron chi connectivity index (χ2n) is 3.77. The number of carbonyl (C=O) groups is 1. The van der Waals surface area contributed by atoms with Crippen LogP contribution >= 0.6 is 15.9 Å². The van der Waals surface area contributed by atoms with Crippen LogP contribution in [-0.4, -0.2) is 20.9 Å². The smallest absolute Gasteiger partial charge is 0.356 e. The van der Waals surface area contributed by atoms with Gasteiger partial charge in [-0.2, -0.15) is 5.10 Å². The van der Waals surface area contributed by atoms with Crippen LogP contribution in [-0.2, 0) is 0 Å². The zero-order chi connectivity index (χ0) is 12.6. The molecule has 5 heteroatoms. The fourth-order valence-electron chi connectivity index (χ4n) is 1.65. The summed E-state index contributed by atoms with van der Waals surface area (Å²) in [4.78, 5) is 10.9. The average molecular weight is 295 g/mol. The first-order chi connectivity index (χ1) is 8.00. The summed E-state index contributed by atoms with van der Waals surface area (Å²) in [7, 11) is 0. The molecule has 2 rings (SSSR count). The van der Waals surface area contributed by atoms with Crippen molar-refractivity contribution in [2.75, 3.05) is 0 Å². The molecule has 0 atom stereocenters. The van der Waals surface area contributed by atoms with Crippen molar-refractivity contribution in [3.63, 3.8) is 0 Å². The summed E-state index contributed by atoms with van der Waals surface area (Å²) in [5.41, 5.74) is 2.76. The van der Waals surface area contributed by atoms with Gasteiger partial charge in [0.15, 0.2) is 5.69 Å². The Morgan fingerprint density at radius 3 is 2.71 bits per heavy atom. The monoisotopic (exact) mass is 294 g/mol. The van der Waals surface area contributed by atoms with Crippen molar-refractivity contribution in [1.82, 2.24) is 9.78 Å². The maximum Gasteiger partial charge on any atom is 0.356 e. The number of carboxylic acid groups (broad SMARTS) is 1. The van der Waals surface area contributed by atoms with E-state index in [2.05, 4.69) is 21.0 Å². The third kappa shape index (κ3) is 2.10. The minimum absolute atomic E-state index is 0.0573. The predicted octanol–water partition coefficient (Wildman–Crippen LogP) is 2.95. The van der Waals surface area contributed by atoms with E-state index in [1.165, 1.54) is 0 Å². The molecule has 0 saturated carbocycles. The molecular formula is C12H11BrN2O2. The van der Waals surface area contributed by atoms with E-state index >= 15 is 0 Å². The molecule has 17 heavy (non-hydrogen) atoms. The van der Waals surface area contributed by atoms with E-state index in [4.69, 9.17) is 5.11 Å². The number of benzene rings is 1. The molecule has 4 nitrogen and oxygen atoms in total. The lowest BCUT2D eigenvalue weighted by atomic mass is 10.2. The van der Waals surface area contributed by atoms with Crippen molar-refractivity contribution in [2.45, 2.75) is 13.8 Å². The Morgan fingerprint density at radius 1 is 1.41 bits per heavy atom. The maximum atomic E-state index is 10.9. The van der Waals surface area contributed by atoms with Crippen LogP contribution in [0.4, 0.5) is 0 Å². The van der Waals surface area contributed by atoms with E-state index < -0.39 is 5.97 Å². The highest BCUT2D eigenvalue weighted by atomic mass is 79.9. The van der Waals surface area contributed by atoms with Crippen LogP contribution in [0.1, 0.15) is 21.7 Å². The number of rotatable bonds is 2. The van der Waals surface area contributed by atoms with Gasteiger partial charge in [-0.3, -0.25) is 0 Å². The number of hydrogen-bond donors (Lipinski definition) is 1. The van der Waals surface area contributed by atoms with Crippen LogP contribution in [0, 0.1) is 13.8 Å². The van der Waals surface area contributed by atoms with Crippen LogP contribution in [0.15, 0.2) is 28.7 Å². The topological polar surface area (TPSA) is 55.1 Å². The summed E-state index contributed by atoms with van der Waals surface area (Å²) in [5, 5.41) is 13.0. The maximum absolute atomic E-state index is 10.9. The van der Waals surface area contributed by atoms with Crippen LogP contribution in [0.5, 0.6) is 0 Å². The van der Waals surface area contributed by atoms with Crippen molar-refractivity contribution < 1.29 is 9.90 Å². The first kappa shape index (κ1) is 11.9. The van der Waals surface area contributed by atoms with Crippen molar-refractivity contribution in [3.05, 3.63) is 45.7 Å². The summed E-state index contributed by atoms with van der Waals surface area (Å²) in [6.45, 7) is 3.79. The molecule has 88 valence electrons. The van der Waals surface area contributed by atoms with Gasteiger partial charge in [-0.05, 0) is 37.6 Å². The quantitative estimate of drug-likeness (QED) is 0.926. The van der Waals surface area contributed by atoms with Gasteiger partial charge < -0.3 is 5.11 Å². The molecule has 1 aromatic carbocycles. The molecule has 0 spiro atoms. The molecule has 1 heterocycles. The van der Waals surface area contributed by atoms with Crippen LogP contribution in [0.3, 0.4) is 0 Å². The summed E-state index contributed by atoms with van der Waals surface area (Å²) in [5.74, 6) is -1.01. The van der Waals surface area contributed by atoms with E-state index in [0.717, 1.165) is 21.4 Å². The average Bonchev–Trinajstić information content (AvgIpc) is 2.65.